The molecule has 3 heteroatoms. The molecule has 0 fully saturated rings. The molecule has 0 aliphatic carbocycles. The summed E-state index contributed by atoms with van der Waals surface area (Å²) in [5, 5.41) is 4.53. The second kappa shape index (κ2) is 4.00. The predicted octanol–water partition coefficient (Wildman–Crippen LogP) is 3.42. The lowest BCUT2D eigenvalue weighted by atomic mass is 10.2. The van der Waals surface area contributed by atoms with Crippen LogP contribution in [0.2, 0.25) is 0 Å². The molecule has 0 aliphatic heterocycles. The average molecular weight is 216 g/mol. The van der Waals surface area contributed by atoms with E-state index >= 15 is 0 Å². The molecule has 2 aromatic heterocycles. The molecule has 0 spiro atoms. The van der Waals surface area contributed by atoms with Gasteiger partial charge in [0.15, 0.2) is 5.76 Å². The van der Waals surface area contributed by atoms with Crippen molar-refractivity contribution in [3.05, 3.63) is 35.7 Å². The van der Waals surface area contributed by atoms with Gasteiger partial charge in [0.05, 0.1) is 0 Å². The normalized spacial score (nSPS) is 10.7. The lowest BCUT2D eigenvalue weighted by molar-refractivity contribution is 0.565. The highest BCUT2D eigenvalue weighted by atomic mass is 16.3. The molecule has 3 nitrogen and oxygen atoms in total. The van der Waals surface area contributed by atoms with Crippen LogP contribution >= 0.6 is 0 Å². The fourth-order valence-electron chi connectivity index (χ4n) is 1.77. The molecule has 0 amide bonds. The van der Waals surface area contributed by atoms with Crippen LogP contribution < -0.4 is 0 Å². The van der Waals surface area contributed by atoms with Crippen LogP contribution in [-0.4, -0.2) is 9.78 Å². The number of hydrogen-bond donors (Lipinski definition) is 0. The van der Waals surface area contributed by atoms with Gasteiger partial charge in [-0.15, -0.1) is 0 Å². The van der Waals surface area contributed by atoms with Crippen molar-refractivity contribution in [2.75, 3.05) is 0 Å². The summed E-state index contributed by atoms with van der Waals surface area (Å²) < 4.78 is 7.61. The first-order valence-corrected chi connectivity index (χ1v) is 5.44. The highest BCUT2D eigenvalue weighted by Gasteiger charge is 2.14. The predicted molar refractivity (Wildman–Crippen MR) is 65.2 cm³/mol. The zero-order valence-electron chi connectivity index (χ0n) is 9.95. The highest BCUT2D eigenvalue weighted by Crippen LogP contribution is 2.26. The number of aryl methyl sites for hydroxylation is 1. The fourth-order valence-corrected chi connectivity index (χ4v) is 1.77. The third-order valence-corrected chi connectivity index (χ3v) is 2.87. The van der Waals surface area contributed by atoms with E-state index in [0.29, 0.717) is 0 Å². The highest BCUT2D eigenvalue weighted by molar-refractivity contribution is 5.60. The van der Waals surface area contributed by atoms with Crippen LogP contribution in [0.15, 0.2) is 23.1 Å². The molecule has 0 atom stereocenters. The van der Waals surface area contributed by atoms with Gasteiger partial charge < -0.3 is 4.42 Å². The minimum atomic E-state index is 0.776. The Bertz CT molecular complexity index is 520. The van der Waals surface area contributed by atoms with Crippen molar-refractivity contribution >= 4 is 6.08 Å². The maximum atomic E-state index is 5.62. The number of aromatic nitrogens is 2. The second-order valence-electron chi connectivity index (χ2n) is 3.78. The first-order valence-electron chi connectivity index (χ1n) is 5.44. The summed E-state index contributed by atoms with van der Waals surface area (Å²) in [4.78, 5) is 0. The van der Waals surface area contributed by atoms with Gasteiger partial charge in [-0.25, -0.2) is 0 Å². The van der Waals surface area contributed by atoms with Crippen molar-refractivity contribution in [3.8, 4) is 11.5 Å². The molecule has 0 radical (unpaired) electrons. The molecular formula is C13H16N2O. The maximum absolute atomic E-state index is 5.62. The van der Waals surface area contributed by atoms with Gasteiger partial charge in [0, 0.05) is 17.8 Å². The van der Waals surface area contributed by atoms with E-state index in [0.717, 1.165) is 23.8 Å². The van der Waals surface area contributed by atoms with Crippen molar-refractivity contribution < 1.29 is 4.42 Å². The molecule has 0 aromatic carbocycles. The van der Waals surface area contributed by atoms with Crippen LogP contribution in [0.4, 0.5) is 0 Å². The minimum absolute atomic E-state index is 0.776. The fraction of sp³-hybridized carbons (Fsp3) is 0.308. The Balaban J connectivity index is 2.51. The molecule has 0 aliphatic rings. The van der Waals surface area contributed by atoms with Gasteiger partial charge >= 0.3 is 0 Å². The number of rotatable bonds is 3. The van der Waals surface area contributed by atoms with E-state index in [4.69, 9.17) is 4.42 Å². The van der Waals surface area contributed by atoms with Gasteiger partial charge in [0.1, 0.15) is 11.5 Å². The molecule has 0 saturated heterocycles. The summed E-state index contributed by atoms with van der Waals surface area (Å²) in [5.41, 5.74) is 3.29. The van der Waals surface area contributed by atoms with Gasteiger partial charge in [-0.3, -0.25) is 4.68 Å². The number of furan rings is 1. The lowest BCUT2D eigenvalue weighted by Gasteiger charge is -1.96. The van der Waals surface area contributed by atoms with Crippen molar-refractivity contribution in [1.82, 2.24) is 9.78 Å². The second-order valence-corrected chi connectivity index (χ2v) is 3.78. The third-order valence-electron chi connectivity index (χ3n) is 2.87. The summed E-state index contributed by atoms with van der Waals surface area (Å²) in [6.07, 6.45) is 1.70. The minimum Gasteiger partial charge on any atom is -0.455 e. The van der Waals surface area contributed by atoms with Crippen LogP contribution in [-0.2, 0) is 6.54 Å². The number of hydrogen-bond acceptors (Lipinski definition) is 2. The Morgan fingerprint density at radius 1 is 1.44 bits per heavy atom. The monoisotopic (exact) mass is 216 g/mol. The van der Waals surface area contributed by atoms with E-state index < -0.39 is 0 Å². The van der Waals surface area contributed by atoms with Crippen molar-refractivity contribution in [3.63, 3.8) is 0 Å². The Kier molecular flexibility index (Phi) is 2.69. The van der Waals surface area contributed by atoms with E-state index in [1.807, 2.05) is 16.8 Å². The van der Waals surface area contributed by atoms with E-state index in [2.05, 4.69) is 32.4 Å². The zero-order chi connectivity index (χ0) is 11.7. The molecule has 84 valence electrons. The summed E-state index contributed by atoms with van der Waals surface area (Å²) in [7, 11) is 0. The topological polar surface area (TPSA) is 31.0 Å². The summed E-state index contributed by atoms with van der Waals surface area (Å²) in [5.74, 6) is 1.58. The van der Waals surface area contributed by atoms with Gasteiger partial charge in [-0.2, -0.15) is 5.10 Å². The molecule has 2 rings (SSSR count). The Morgan fingerprint density at radius 2 is 2.19 bits per heavy atom. The largest absolute Gasteiger partial charge is 0.455 e. The standard InChI is InChI=1S/C13H16N2O/c1-5-11-7-8-12(16-11)13-9(3)10(4)15(6-2)14-13/h5,7-8H,1,6H2,2-4H3. The maximum Gasteiger partial charge on any atom is 0.155 e. The van der Waals surface area contributed by atoms with Crippen LogP contribution in [0.1, 0.15) is 23.9 Å². The molecule has 16 heavy (non-hydrogen) atoms. The third kappa shape index (κ3) is 1.58. The Labute approximate surface area is 95.4 Å². The Hall–Kier alpha value is -1.77. The molecule has 2 aromatic rings. The smallest absolute Gasteiger partial charge is 0.155 e. The van der Waals surface area contributed by atoms with E-state index in [9.17, 15) is 0 Å². The van der Waals surface area contributed by atoms with Crippen molar-refractivity contribution in [2.45, 2.75) is 27.3 Å². The van der Waals surface area contributed by atoms with Crippen LogP contribution in [0.3, 0.4) is 0 Å². The van der Waals surface area contributed by atoms with Gasteiger partial charge in [-0.1, -0.05) is 6.58 Å². The van der Waals surface area contributed by atoms with E-state index in [1.165, 1.54) is 11.3 Å². The molecular weight excluding hydrogens is 200 g/mol. The van der Waals surface area contributed by atoms with Gasteiger partial charge in [-0.05, 0) is 39.0 Å². The quantitative estimate of drug-likeness (QED) is 0.787. The zero-order valence-corrected chi connectivity index (χ0v) is 9.95. The lowest BCUT2D eigenvalue weighted by Crippen LogP contribution is -1.98. The van der Waals surface area contributed by atoms with Crippen LogP contribution in [0.5, 0.6) is 0 Å². The summed E-state index contributed by atoms with van der Waals surface area (Å²) >= 11 is 0. The molecule has 2 heterocycles. The summed E-state index contributed by atoms with van der Waals surface area (Å²) in [6.45, 7) is 10.8. The first kappa shape index (κ1) is 10.7. The van der Waals surface area contributed by atoms with E-state index in [1.54, 1.807) is 6.08 Å². The number of nitrogens with zero attached hydrogens (tertiary/aromatic N) is 2. The van der Waals surface area contributed by atoms with E-state index in [-0.39, 0.29) is 0 Å². The molecule has 0 bridgehead atoms. The van der Waals surface area contributed by atoms with Gasteiger partial charge in [0.2, 0.25) is 0 Å². The molecule has 0 unspecified atom stereocenters. The summed E-state index contributed by atoms with van der Waals surface area (Å²) in [6, 6.07) is 3.84. The molecule has 0 N–H and O–H groups in total. The SMILES string of the molecule is C=Cc1ccc(-c2nn(CC)c(C)c2C)o1. The van der Waals surface area contributed by atoms with Crippen LogP contribution in [0, 0.1) is 13.8 Å². The van der Waals surface area contributed by atoms with Crippen molar-refractivity contribution in [1.29, 1.82) is 0 Å². The first-order chi connectivity index (χ1) is 7.67. The molecule has 0 saturated carbocycles. The Morgan fingerprint density at radius 3 is 2.69 bits per heavy atom. The van der Waals surface area contributed by atoms with Crippen LogP contribution in [0.25, 0.3) is 17.5 Å². The van der Waals surface area contributed by atoms with Gasteiger partial charge in [0.25, 0.3) is 0 Å². The average Bonchev–Trinajstić information content (AvgIpc) is 2.86. The van der Waals surface area contributed by atoms with Crippen molar-refractivity contribution in [2.24, 2.45) is 0 Å².